The fourth-order valence-corrected chi connectivity index (χ4v) is 3.28. The molecule has 146 valence electrons. The van der Waals surface area contributed by atoms with Gasteiger partial charge in [-0.3, -0.25) is 4.79 Å². The zero-order valence-corrected chi connectivity index (χ0v) is 17.4. The number of carbonyl (C=O) groups excluding carboxylic acids is 1. The van der Waals surface area contributed by atoms with Gasteiger partial charge in [0.25, 0.3) is 0 Å². The molecule has 4 nitrogen and oxygen atoms in total. The van der Waals surface area contributed by atoms with Gasteiger partial charge >= 0.3 is 0 Å². The molecule has 1 N–H and O–H groups in total. The number of nitrogens with one attached hydrogen (secondary N) is 1. The van der Waals surface area contributed by atoms with Crippen LogP contribution in [0.2, 0.25) is 0 Å². The number of carbonyl (C=O) groups is 1. The van der Waals surface area contributed by atoms with Gasteiger partial charge in [0.2, 0.25) is 5.91 Å². The summed E-state index contributed by atoms with van der Waals surface area (Å²) in [5.41, 5.74) is 6.69. The number of hydrogen-bond donors (Lipinski definition) is 1. The molecule has 0 saturated carbocycles. The minimum absolute atomic E-state index is 0.158. The van der Waals surface area contributed by atoms with E-state index in [0.29, 0.717) is 6.61 Å². The Hall–Kier alpha value is -3.01. The van der Waals surface area contributed by atoms with E-state index in [0.717, 1.165) is 56.0 Å². The largest absolute Gasteiger partial charge is 0.493 e. The van der Waals surface area contributed by atoms with Crippen molar-refractivity contribution in [2.75, 3.05) is 11.9 Å². The number of hydrogen-bond acceptors (Lipinski definition) is 3. The molecule has 0 aliphatic carbocycles. The molecule has 0 aliphatic rings. The molecule has 1 aromatic heterocycles. The van der Waals surface area contributed by atoms with Gasteiger partial charge in [-0.15, -0.1) is 0 Å². The number of rotatable bonds is 5. The lowest BCUT2D eigenvalue weighted by Crippen LogP contribution is -2.10. The standard InChI is InChI=1S/C24H27NO3/c1-7-27-22-13-23-20(17(5)18(6)28-23)12-19(22)15(3)11-24(26)25-21-10-8-9-14(2)16(21)4/h8-13H,7H2,1-6H3,(H,25,26)/b15-11+. The Balaban J connectivity index is 1.97. The molecule has 3 rings (SSSR count). The molecule has 3 aromatic rings. The highest BCUT2D eigenvalue weighted by Gasteiger charge is 2.15. The second-order valence-electron chi connectivity index (χ2n) is 7.12. The van der Waals surface area contributed by atoms with Gasteiger partial charge in [0, 0.05) is 28.8 Å². The Labute approximate surface area is 166 Å². The normalized spacial score (nSPS) is 11.7. The zero-order valence-electron chi connectivity index (χ0n) is 17.4. The van der Waals surface area contributed by atoms with Gasteiger partial charge in [-0.05, 0) is 75.9 Å². The highest BCUT2D eigenvalue weighted by molar-refractivity contribution is 6.05. The predicted molar refractivity (Wildman–Crippen MR) is 115 cm³/mol. The second kappa shape index (κ2) is 7.93. The van der Waals surface area contributed by atoms with Gasteiger partial charge in [0.1, 0.15) is 17.1 Å². The number of benzene rings is 2. The van der Waals surface area contributed by atoms with E-state index in [2.05, 4.69) is 5.32 Å². The molecule has 0 saturated heterocycles. The van der Waals surface area contributed by atoms with Crippen LogP contribution >= 0.6 is 0 Å². The number of aryl methyl sites for hydroxylation is 3. The number of furan rings is 1. The molecule has 4 heteroatoms. The smallest absolute Gasteiger partial charge is 0.248 e. The topological polar surface area (TPSA) is 51.5 Å². The first-order valence-electron chi connectivity index (χ1n) is 9.54. The Kier molecular flexibility index (Phi) is 5.59. The van der Waals surface area contributed by atoms with E-state index in [4.69, 9.17) is 9.15 Å². The summed E-state index contributed by atoms with van der Waals surface area (Å²) in [4.78, 5) is 12.6. The summed E-state index contributed by atoms with van der Waals surface area (Å²) >= 11 is 0. The number of anilines is 1. The van der Waals surface area contributed by atoms with Crippen molar-refractivity contribution in [3.05, 3.63) is 64.4 Å². The third-order valence-corrected chi connectivity index (χ3v) is 5.21. The van der Waals surface area contributed by atoms with Crippen LogP contribution in [0.3, 0.4) is 0 Å². The van der Waals surface area contributed by atoms with Crippen molar-refractivity contribution in [1.29, 1.82) is 0 Å². The van der Waals surface area contributed by atoms with E-state index >= 15 is 0 Å². The first-order valence-corrected chi connectivity index (χ1v) is 9.54. The Morgan fingerprint density at radius 1 is 1.14 bits per heavy atom. The third kappa shape index (κ3) is 3.81. The average molecular weight is 377 g/mol. The summed E-state index contributed by atoms with van der Waals surface area (Å²) in [5.74, 6) is 1.45. The molecule has 0 radical (unpaired) electrons. The molecule has 0 unspecified atom stereocenters. The van der Waals surface area contributed by atoms with Gasteiger partial charge in [-0.1, -0.05) is 12.1 Å². The molecule has 1 heterocycles. The van der Waals surface area contributed by atoms with Gasteiger partial charge in [0.15, 0.2) is 0 Å². The van der Waals surface area contributed by atoms with Crippen LogP contribution in [0.5, 0.6) is 5.75 Å². The van der Waals surface area contributed by atoms with Crippen LogP contribution in [0.15, 0.2) is 40.8 Å². The third-order valence-electron chi connectivity index (χ3n) is 5.21. The van der Waals surface area contributed by atoms with Crippen LogP contribution in [0.25, 0.3) is 16.5 Å². The zero-order chi connectivity index (χ0) is 20.4. The Morgan fingerprint density at radius 2 is 1.89 bits per heavy atom. The van der Waals surface area contributed by atoms with Crippen molar-refractivity contribution >= 4 is 28.1 Å². The van der Waals surface area contributed by atoms with Crippen molar-refractivity contribution < 1.29 is 13.9 Å². The maximum absolute atomic E-state index is 12.6. The first kappa shape index (κ1) is 19.7. The van der Waals surface area contributed by atoms with Crippen LogP contribution < -0.4 is 10.1 Å². The molecule has 0 spiro atoms. The van der Waals surface area contributed by atoms with E-state index in [1.54, 1.807) is 6.08 Å². The summed E-state index contributed by atoms with van der Waals surface area (Å²) in [7, 11) is 0. The van der Waals surface area contributed by atoms with Crippen LogP contribution in [-0.4, -0.2) is 12.5 Å². The predicted octanol–water partition coefficient (Wildman–Crippen LogP) is 6.11. The summed E-state index contributed by atoms with van der Waals surface area (Å²) in [5, 5.41) is 4.02. The van der Waals surface area contributed by atoms with Crippen molar-refractivity contribution in [2.45, 2.75) is 41.5 Å². The van der Waals surface area contributed by atoms with Gasteiger partial charge < -0.3 is 14.5 Å². The maximum atomic E-state index is 12.6. The summed E-state index contributed by atoms with van der Waals surface area (Å²) in [6.07, 6.45) is 1.62. The van der Waals surface area contributed by atoms with Crippen molar-refractivity contribution in [3.8, 4) is 5.75 Å². The quantitative estimate of drug-likeness (QED) is 0.546. The number of fused-ring (bicyclic) bond motifs is 1. The SMILES string of the molecule is CCOc1cc2oc(C)c(C)c2cc1/C(C)=C/C(=O)Nc1cccc(C)c1C. The van der Waals surface area contributed by atoms with E-state index < -0.39 is 0 Å². The summed E-state index contributed by atoms with van der Waals surface area (Å²) in [6, 6.07) is 9.85. The second-order valence-corrected chi connectivity index (χ2v) is 7.12. The van der Waals surface area contributed by atoms with E-state index in [9.17, 15) is 4.79 Å². The molecule has 1 amide bonds. The highest BCUT2D eigenvalue weighted by atomic mass is 16.5. The fraction of sp³-hybridized carbons (Fsp3) is 0.292. The molecule has 28 heavy (non-hydrogen) atoms. The van der Waals surface area contributed by atoms with Gasteiger partial charge in [-0.25, -0.2) is 0 Å². The van der Waals surface area contributed by atoms with E-state index in [1.165, 1.54) is 0 Å². The lowest BCUT2D eigenvalue weighted by Gasteiger charge is -2.12. The monoisotopic (exact) mass is 377 g/mol. The number of ether oxygens (including phenoxy) is 1. The van der Waals surface area contributed by atoms with Gasteiger partial charge in [-0.2, -0.15) is 0 Å². The van der Waals surface area contributed by atoms with E-state index in [-0.39, 0.29) is 5.91 Å². The van der Waals surface area contributed by atoms with Crippen molar-refractivity contribution in [3.63, 3.8) is 0 Å². The van der Waals surface area contributed by atoms with Crippen molar-refractivity contribution in [2.24, 2.45) is 0 Å². The molecule has 2 aromatic carbocycles. The lowest BCUT2D eigenvalue weighted by molar-refractivity contribution is -0.111. The van der Waals surface area contributed by atoms with Crippen LogP contribution in [0, 0.1) is 27.7 Å². The molecule has 0 bridgehead atoms. The van der Waals surface area contributed by atoms with Crippen molar-refractivity contribution in [1.82, 2.24) is 0 Å². The molecule has 0 aliphatic heterocycles. The fourth-order valence-electron chi connectivity index (χ4n) is 3.28. The minimum atomic E-state index is -0.158. The highest BCUT2D eigenvalue weighted by Crippen LogP contribution is 2.35. The minimum Gasteiger partial charge on any atom is -0.493 e. The Morgan fingerprint density at radius 3 is 2.61 bits per heavy atom. The average Bonchev–Trinajstić information content (AvgIpc) is 2.92. The lowest BCUT2D eigenvalue weighted by atomic mass is 10.0. The van der Waals surface area contributed by atoms with Crippen LogP contribution in [-0.2, 0) is 4.79 Å². The number of amides is 1. The molecule has 0 atom stereocenters. The molecular weight excluding hydrogens is 350 g/mol. The molecule has 0 fully saturated rings. The summed E-state index contributed by atoms with van der Waals surface area (Å²) in [6.45, 7) is 12.4. The Bertz CT molecular complexity index is 1070. The maximum Gasteiger partial charge on any atom is 0.248 e. The number of allylic oxidation sites excluding steroid dienone is 1. The van der Waals surface area contributed by atoms with Crippen LogP contribution in [0.1, 0.15) is 41.9 Å². The van der Waals surface area contributed by atoms with Crippen LogP contribution in [0.4, 0.5) is 5.69 Å². The first-order chi connectivity index (χ1) is 13.3. The molecular formula is C24H27NO3. The van der Waals surface area contributed by atoms with E-state index in [1.807, 2.05) is 71.9 Å². The van der Waals surface area contributed by atoms with Gasteiger partial charge in [0.05, 0.1) is 6.61 Å². The summed E-state index contributed by atoms with van der Waals surface area (Å²) < 4.78 is 11.6.